The summed E-state index contributed by atoms with van der Waals surface area (Å²) in [6.45, 7) is 3.99. The molecular formula is C30H29F5O2. The van der Waals surface area contributed by atoms with Crippen molar-refractivity contribution >= 4 is 6.08 Å². The van der Waals surface area contributed by atoms with Gasteiger partial charge in [-0.1, -0.05) is 36.4 Å². The molecule has 1 heterocycles. The molecule has 4 rings (SSSR count). The van der Waals surface area contributed by atoms with Crippen LogP contribution in [-0.2, 0) is 11.2 Å². The lowest BCUT2D eigenvalue weighted by Crippen LogP contribution is -2.26. The maximum Gasteiger partial charge on any atom is 0.201 e. The maximum absolute atomic E-state index is 14.9. The van der Waals surface area contributed by atoms with E-state index in [0.717, 1.165) is 12.0 Å². The van der Waals surface area contributed by atoms with E-state index in [9.17, 15) is 22.0 Å². The molecule has 0 aromatic heterocycles. The third-order valence-electron chi connectivity index (χ3n) is 6.73. The number of ether oxygens (including phenoxy) is 2. The van der Waals surface area contributed by atoms with E-state index in [0.29, 0.717) is 25.0 Å². The largest absolute Gasteiger partial charge is 0.491 e. The Morgan fingerprint density at radius 3 is 2.27 bits per heavy atom. The van der Waals surface area contributed by atoms with Gasteiger partial charge in [0.25, 0.3) is 0 Å². The summed E-state index contributed by atoms with van der Waals surface area (Å²) in [6, 6.07) is 10.2. The highest BCUT2D eigenvalue weighted by Gasteiger charge is 2.26. The van der Waals surface area contributed by atoms with Gasteiger partial charge in [-0.05, 0) is 74.4 Å². The second-order valence-corrected chi connectivity index (χ2v) is 9.12. The molecule has 2 atom stereocenters. The molecule has 3 aromatic rings. The molecule has 0 saturated carbocycles. The first-order valence-corrected chi connectivity index (χ1v) is 12.5. The summed E-state index contributed by atoms with van der Waals surface area (Å²) < 4.78 is 83.9. The molecule has 1 aliphatic rings. The summed E-state index contributed by atoms with van der Waals surface area (Å²) in [5, 5.41) is 0. The van der Waals surface area contributed by atoms with Gasteiger partial charge in [-0.25, -0.2) is 17.6 Å². The molecule has 2 nitrogen and oxygen atoms in total. The molecule has 0 spiro atoms. The van der Waals surface area contributed by atoms with E-state index in [-0.39, 0.29) is 53.3 Å². The van der Waals surface area contributed by atoms with Crippen molar-refractivity contribution in [3.05, 3.63) is 94.3 Å². The van der Waals surface area contributed by atoms with Gasteiger partial charge in [-0.3, -0.25) is 0 Å². The number of hydrogen-bond acceptors (Lipinski definition) is 2. The SMILES string of the molecule is C/C=C/c1ccc(C2CCC(CCc3ccc(-c4ccc(OCC)c(F)c4F)c(F)c3F)OC2)c(F)c1. The Morgan fingerprint density at radius 1 is 0.892 bits per heavy atom. The lowest BCUT2D eigenvalue weighted by Gasteiger charge is -2.29. The molecule has 196 valence electrons. The minimum absolute atomic E-state index is 0.0613. The van der Waals surface area contributed by atoms with Crippen molar-refractivity contribution in [2.75, 3.05) is 13.2 Å². The molecule has 7 heteroatoms. The van der Waals surface area contributed by atoms with Crippen LogP contribution in [0.2, 0.25) is 0 Å². The zero-order valence-corrected chi connectivity index (χ0v) is 20.8. The molecule has 2 unspecified atom stereocenters. The van der Waals surface area contributed by atoms with E-state index in [4.69, 9.17) is 9.47 Å². The maximum atomic E-state index is 14.9. The van der Waals surface area contributed by atoms with E-state index < -0.39 is 23.3 Å². The second kappa shape index (κ2) is 11.9. The smallest absolute Gasteiger partial charge is 0.201 e. The van der Waals surface area contributed by atoms with Crippen LogP contribution in [0.5, 0.6) is 5.75 Å². The van der Waals surface area contributed by atoms with Crippen molar-refractivity contribution in [2.45, 2.75) is 51.6 Å². The van der Waals surface area contributed by atoms with Crippen molar-refractivity contribution in [1.29, 1.82) is 0 Å². The zero-order chi connectivity index (χ0) is 26.5. The van der Waals surface area contributed by atoms with Crippen LogP contribution in [-0.4, -0.2) is 19.3 Å². The fourth-order valence-electron chi connectivity index (χ4n) is 4.76. The first kappa shape index (κ1) is 26.9. The normalized spacial score (nSPS) is 17.9. The molecule has 0 radical (unpaired) electrons. The molecule has 1 aliphatic heterocycles. The summed E-state index contributed by atoms with van der Waals surface area (Å²) in [7, 11) is 0. The number of aryl methyl sites for hydroxylation is 1. The first-order chi connectivity index (χ1) is 17.8. The minimum Gasteiger partial charge on any atom is -0.491 e. The lowest BCUT2D eigenvalue weighted by molar-refractivity contribution is -0.00128. The van der Waals surface area contributed by atoms with Gasteiger partial charge < -0.3 is 9.47 Å². The molecule has 3 aromatic carbocycles. The Balaban J connectivity index is 1.39. The summed E-state index contributed by atoms with van der Waals surface area (Å²) >= 11 is 0. The number of halogens is 5. The molecule has 37 heavy (non-hydrogen) atoms. The van der Waals surface area contributed by atoms with Crippen molar-refractivity contribution in [2.24, 2.45) is 0 Å². The van der Waals surface area contributed by atoms with E-state index in [1.807, 2.05) is 25.1 Å². The highest BCUT2D eigenvalue weighted by molar-refractivity contribution is 5.66. The van der Waals surface area contributed by atoms with Gasteiger partial charge >= 0.3 is 0 Å². The van der Waals surface area contributed by atoms with Crippen molar-refractivity contribution in [3.63, 3.8) is 0 Å². The topological polar surface area (TPSA) is 18.5 Å². The van der Waals surface area contributed by atoms with E-state index in [1.54, 1.807) is 13.0 Å². The summed E-state index contributed by atoms with van der Waals surface area (Å²) in [5.41, 5.74) is 0.809. The Labute approximate surface area is 213 Å². The average molecular weight is 517 g/mol. The van der Waals surface area contributed by atoms with Gasteiger partial charge in [0, 0.05) is 17.0 Å². The first-order valence-electron chi connectivity index (χ1n) is 12.5. The minimum atomic E-state index is -1.30. The zero-order valence-electron chi connectivity index (χ0n) is 20.8. The predicted octanol–water partition coefficient (Wildman–Crippen LogP) is 8.38. The van der Waals surface area contributed by atoms with Crippen LogP contribution >= 0.6 is 0 Å². The predicted molar refractivity (Wildman–Crippen MR) is 134 cm³/mol. The van der Waals surface area contributed by atoms with E-state index in [1.165, 1.54) is 30.3 Å². The monoisotopic (exact) mass is 516 g/mol. The Kier molecular flexibility index (Phi) is 8.64. The van der Waals surface area contributed by atoms with Crippen molar-refractivity contribution < 1.29 is 31.4 Å². The molecule has 0 N–H and O–H groups in total. The fraction of sp³-hybridized carbons (Fsp3) is 0.333. The van der Waals surface area contributed by atoms with Gasteiger partial charge in [0.1, 0.15) is 5.82 Å². The third kappa shape index (κ3) is 5.87. The highest BCUT2D eigenvalue weighted by atomic mass is 19.2. The molecular weight excluding hydrogens is 487 g/mol. The van der Waals surface area contributed by atoms with Crippen LogP contribution in [0.1, 0.15) is 55.7 Å². The van der Waals surface area contributed by atoms with Gasteiger partial charge in [0.15, 0.2) is 23.2 Å². The highest BCUT2D eigenvalue weighted by Crippen LogP contribution is 2.35. The molecule has 1 saturated heterocycles. The summed E-state index contributed by atoms with van der Waals surface area (Å²) in [4.78, 5) is 0. The standard InChI is InChI=1S/C30H29F5O2/c1-3-5-18-6-12-22(25(31)16-18)20-8-11-21(37-17-20)10-7-19-9-13-23(28(33)27(19)32)24-14-15-26(36-4-2)30(35)29(24)34/h3,5-6,9,12-16,20-21H,4,7-8,10-11,17H2,1-2H3/b5-3+. The number of rotatable bonds is 8. The second-order valence-electron chi connectivity index (χ2n) is 9.12. The van der Waals surface area contributed by atoms with E-state index >= 15 is 0 Å². The molecule has 0 aliphatic carbocycles. The van der Waals surface area contributed by atoms with Crippen LogP contribution in [0.3, 0.4) is 0 Å². The Bertz CT molecular complexity index is 1280. The van der Waals surface area contributed by atoms with Crippen LogP contribution < -0.4 is 4.74 Å². The van der Waals surface area contributed by atoms with Gasteiger partial charge in [0.05, 0.1) is 19.3 Å². The summed E-state index contributed by atoms with van der Waals surface area (Å²) in [6.07, 6.45) is 5.58. The molecule has 1 fully saturated rings. The fourth-order valence-corrected chi connectivity index (χ4v) is 4.76. The molecule has 0 bridgehead atoms. The Morgan fingerprint density at radius 2 is 1.62 bits per heavy atom. The number of hydrogen-bond donors (Lipinski definition) is 0. The van der Waals surface area contributed by atoms with Crippen LogP contribution in [0, 0.1) is 29.1 Å². The van der Waals surface area contributed by atoms with Gasteiger partial charge in [-0.2, -0.15) is 4.39 Å². The Hall–Kier alpha value is -3.19. The average Bonchev–Trinajstić information content (AvgIpc) is 2.89. The van der Waals surface area contributed by atoms with Gasteiger partial charge in [-0.15, -0.1) is 0 Å². The van der Waals surface area contributed by atoms with Crippen molar-refractivity contribution in [1.82, 2.24) is 0 Å². The van der Waals surface area contributed by atoms with E-state index in [2.05, 4.69) is 0 Å². The van der Waals surface area contributed by atoms with Crippen LogP contribution in [0.25, 0.3) is 17.2 Å². The number of allylic oxidation sites excluding steroid dienone is 1. The number of benzene rings is 3. The quantitative estimate of drug-likeness (QED) is 0.280. The summed E-state index contributed by atoms with van der Waals surface area (Å²) in [5.74, 6) is -5.48. The van der Waals surface area contributed by atoms with Gasteiger partial charge in [0.2, 0.25) is 5.82 Å². The van der Waals surface area contributed by atoms with Crippen LogP contribution in [0.15, 0.2) is 48.5 Å². The van der Waals surface area contributed by atoms with Crippen molar-refractivity contribution in [3.8, 4) is 16.9 Å². The molecule has 0 amide bonds. The third-order valence-corrected chi connectivity index (χ3v) is 6.73. The van der Waals surface area contributed by atoms with Crippen LogP contribution in [0.4, 0.5) is 22.0 Å². The lowest BCUT2D eigenvalue weighted by atomic mass is 9.89.